The molecule has 122 valence electrons. The number of amides is 1. The van der Waals surface area contributed by atoms with E-state index in [0.717, 1.165) is 0 Å². The van der Waals surface area contributed by atoms with Gasteiger partial charge in [0.15, 0.2) is 5.82 Å². The van der Waals surface area contributed by atoms with Crippen LogP contribution in [-0.2, 0) is 11.2 Å². The highest BCUT2D eigenvalue weighted by Crippen LogP contribution is 2.26. The number of aromatic nitrogens is 4. The van der Waals surface area contributed by atoms with Gasteiger partial charge >= 0.3 is 0 Å². The zero-order valence-corrected chi connectivity index (χ0v) is 13.1. The summed E-state index contributed by atoms with van der Waals surface area (Å²) in [4.78, 5) is 22.8. The van der Waals surface area contributed by atoms with Crippen LogP contribution in [0.5, 0.6) is 0 Å². The van der Waals surface area contributed by atoms with Crippen LogP contribution >= 0.6 is 0 Å². The van der Waals surface area contributed by atoms with Crippen molar-refractivity contribution in [1.82, 2.24) is 24.5 Å². The van der Waals surface area contributed by atoms with Crippen molar-refractivity contribution in [1.29, 1.82) is 0 Å². The number of nitrogens with zero attached hydrogens (tertiary/aromatic N) is 5. The Morgan fingerprint density at radius 1 is 1.21 bits per heavy atom. The standard InChI is InChI=1S/C17H18N6O/c18-14-11-22(10-13(14)12-5-2-1-3-6-12)16(24)9-15-20-17-19-7-4-8-23(17)21-15/h1-8,13-14H,9-11,18H2/t13-,14+/m0/s1. The van der Waals surface area contributed by atoms with E-state index < -0.39 is 0 Å². The summed E-state index contributed by atoms with van der Waals surface area (Å²) in [5.74, 6) is 1.15. The van der Waals surface area contributed by atoms with E-state index in [2.05, 4.69) is 27.2 Å². The molecule has 3 aromatic rings. The Labute approximate surface area is 139 Å². The molecule has 0 spiro atoms. The third-order valence-corrected chi connectivity index (χ3v) is 4.42. The molecule has 0 bridgehead atoms. The zero-order chi connectivity index (χ0) is 16.5. The summed E-state index contributed by atoms with van der Waals surface area (Å²) in [7, 11) is 0. The van der Waals surface area contributed by atoms with Gasteiger partial charge in [0, 0.05) is 37.4 Å². The smallest absolute Gasteiger partial charge is 0.252 e. The van der Waals surface area contributed by atoms with E-state index in [1.54, 1.807) is 27.9 Å². The molecular weight excluding hydrogens is 304 g/mol. The third kappa shape index (κ3) is 2.74. The summed E-state index contributed by atoms with van der Waals surface area (Å²) in [6.07, 6.45) is 3.58. The van der Waals surface area contributed by atoms with Gasteiger partial charge < -0.3 is 10.6 Å². The van der Waals surface area contributed by atoms with Gasteiger partial charge in [-0.3, -0.25) is 4.79 Å². The largest absolute Gasteiger partial charge is 0.340 e. The predicted molar refractivity (Wildman–Crippen MR) is 88.2 cm³/mol. The molecule has 1 amide bonds. The maximum Gasteiger partial charge on any atom is 0.252 e. The molecule has 1 aliphatic heterocycles. The molecule has 1 fully saturated rings. The van der Waals surface area contributed by atoms with E-state index in [9.17, 15) is 4.79 Å². The second kappa shape index (κ2) is 6.01. The molecule has 7 nitrogen and oxygen atoms in total. The average molecular weight is 322 g/mol. The SMILES string of the molecule is N[C@@H]1CN(C(=O)Cc2nc3ncccn3n2)C[C@H]1c1ccccc1. The molecule has 0 saturated carbocycles. The Hall–Kier alpha value is -2.80. The molecule has 1 aliphatic rings. The molecule has 3 heterocycles. The fourth-order valence-electron chi connectivity index (χ4n) is 3.18. The average Bonchev–Trinajstić information content (AvgIpc) is 3.18. The first kappa shape index (κ1) is 14.8. The molecule has 4 rings (SSSR count). The van der Waals surface area contributed by atoms with E-state index in [1.807, 2.05) is 18.2 Å². The van der Waals surface area contributed by atoms with Gasteiger partial charge in [-0.25, -0.2) is 9.50 Å². The molecule has 1 saturated heterocycles. The van der Waals surface area contributed by atoms with Crippen molar-refractivity contribution in [3.05, 3.63) is 60.2 Å². The summed E-state index contributed by atoms with van der Waals surface area (Å²) in [5, 5.41) is 4.28. The van der Waals surface area contributed by atoms with Gasteiger partial charge in [-0.1, -0.05) is 30.3 Å². The number of benzene rings is 1. The van der Waals surface area contributed by atoms with Crippen LogP contribution in [0.1, 0.15) is 17.3 Å². The fraction of sp³-hybridized carbons (Fsp3) is 0.294. The molecule has 2 N–H and O–H groups in total. The monoisotopic (exact) mass is 322 g/mol. The molecule has 0 radical (unpaired) electrons. The van der Waals surface area contributed by atoms with E-state index in [4.69, 9.17) is 5.73 Å². The number of carbonyl (C=O) groups excluding carboxylic acids is 1. The van der Waals surface area contributed by atoms with Crippen LogP contribution in [-0.4, -0.2) is 49.5 Å². The quantitative estimate of drug-likeness (QED) is 0.763. The lowest BCUT2D eigenvalue weighted by Crippen LogP contribution is -2.33. The Morgan fingerprint density at radius 2 is 2.04 bits per heavy atom. The highest BCUT2D eigenvalue weighted by molar-refractivity contribution is 5.78. The minimum Gasteiger partial charge on any atom is -0.340 e. The number of carbonyl (C=O) groups is 1. The summed E-state index contributed by atoms with van der Waals surface area (Å²) in [6.45, 7) is 1.19. The minimum absolute atomic E-state index is 0.000197. The van der Waals surface area contributed by atoms with Crippen molar-refractivity contribution in [2.45, 2.75) is 18.4 Å². The zero-order valence-electron chi connectivity index (χ0n) is 13.1. The van der Waals surface area contributed by atoms with Crippen LogP contribution in [0.3, 0.4) is 0 Å². The summed E-state index contributed by atoms with van der Waals surface area (Å²) in [5.41, 5.74) is 7.43. The number of hydrogen-bond acceptors (Lipinski definition) is 5. The Bertz CT molecular complexity index is 829. The fourth-order valence-corrected chi connectivity index (χ4v) is 3.18. The van der Waals surface area contributed by atoms with Gasteiger partial charge in [0.25, 0.3) is 5.78 Å². The van der Waals surface area contributed by atoms with E-state index >= 15 is 0 Å². The topological polar surface area (TPSA) is 89.4 Å². The third-order valence-electron chi connectivity index (χ3n) is 4.42. The first-order valence-electron chi connectivity index (χ1n) is 7.95. The molecule has 0 aliphatic carbocycles. The first-order valence-corrected chi connectivity index (χ1v) is 7.95. The van der Waals surface area contributed by atoms with Crippen LogP contribution in [0.25, 0.3) is 5.78 Å². The summed E-state index contributed by atoms with van der Waals surface area (Å²) < 4.78 is 1.57. The van der Waals surface area contributed by atoms with Crippen molar-refractivity contribution in [2.75, 3.05) is 13.1 Å². The van der Waals surface area contributed by atoms with Crippen molar-refractivity contribution >= 4 is 11.7 Å². The molecule has 7 heteroatoms. The summed E-state index contributed by atoms with van der Waals surface area (Å²) in [6, 6.07) is 11.8. The Kier molecular flexibility index (Phi) is 3.70. The van der Waals surface area contributed by atoms with Gasteiger partial charge in [-0.15, -0.1) is 5.10 Å². The van der Waals surface area contributed by atoms with Gasteiger partial charge in [-0.05, 0) is 11.6 Å². The van der Waals surface area contributed by atoms with E-state index in [1.165, 1.54) is 5.56 Å². The molecule has 2 aromatic heterocycles. The lowest BCUT2D eigenvalue weighted by molar-refractivity contribution is -0.129. The molecular formula is C17H18N6O. The van der Waals surface area contributed by atoms with Crippen molar-refractivity contribution < 1.29 is 4.79 Å². The Morgan fingerprint density at radius 3 is 2.83 bits per heavy atom. The minimum atomic E-state index is -0.0490. The van der Waals surface area contributed by atoms with E-state index in [-0.39, 0.29) is 24.3 Å². The summed E-state index contributed by atoms with van der Waals surface area (Å²) >= 11 is 0. The molecule has 0 unspecified atom stereocenters. The van der Waals surface area contributed by atoms with Crippen LogP contribution in [0.15, 0.2) is 48.8 Å². The van der Waals surface area contributed by atoms with Crippen LogP contribution in [0.2, 0.25) is 0 Å². The van der Waals surface area contributed by atoms with Crippen LogP contribution in [0, 0.1) is 0 Å². The molecule has 1 aromatic carbocycles. The van der Waals surface area contributed by atoms with Gasteiger partial charge in [0.1, 0.15) is 0 Å². The lowest BCUT2D eigenvalue weighted by atomic mass is 9.95. The highest BCUT2D eigenvalue weighted by Gasteiger charge is 2.34. The second-order valence-electron chi connectivity index (χ2n) is 6.05. The lowest BCUT2D eigenvalue weighted by Gasteiger charge is -2.15. The Balaban J connectivity index is 1.47. The number of likely N-dealkylation sites (tertiary alicyclic amines) is 1. The normalized spacial score (nSPS) is 20.6. The van der Waals surface area contributed by atoms with E-state index in [0.29, 0.717) is 24.7 Å². The van der Waals surface area contributed by atoms with Crippen molar-refractivity contribution in [3.63, 3.8) is 0 Å². The number of nitrogens with two attached hydrogens (primary N) is 1. The van der Waals surface area contributed by atoms with Gasteiger partial charge in [-0.2, -0.15) is 4.98 Å². The first-order chi connectivity index (χ1) is 11.7. The maximum atomic E-state index is 12.6. The second-order valence-corrected chi connectivity index (χ2v) is 6.05. The van der Waals surface area contributed by atoms with Gasteiger partial charge in [0.05, 0.1) is 6.42 Å². The number of hydrogen-bond donors (Lipinski definition) is 1. The predicted octanol–water partition coefficient (Wildman–Crippen LogP) is 0.620. The number of fused-ring (bicyclic) bond motifs is 1. The van der Waals surface area contributed by atoms with Gasteiger partial charge in [0.2, 0.25) is 5.91 Å². The molecule has 24 heavy (non-hydrogen) atoms. The molecule has 2 atom stereocenters. The van der Waals surface area contributed by atoms with Crippen molar-refractivity contribution in [2.24, 2.45) is 5.73 Å². The van der Waals surface area contributed by atoms with Crippen LogP contribution < -0.4 is 5.73 Å². The van der Waals surface area contributed by atoms with Crippen molar-refractivity contribution in [3.8, 4) is 0 Å². The number of rotatable bonds is 3. The maximum absolute atomic E-state index is 12.6. The highest BCUT2D eigenvalue weighted by atomic mass is 16.2. The van der Waals surface area contributed by atoms with Crippen LogP contribution in [0.4, 0.5) is 0 Å².